The van der Waals surface area contributed by atoms with Crippen LogP contribution in [0.4, 0.5) is 5.69 Å². The first-order chi connectivity index (χ1) is 6.86. The summed E-state index contributed by atoms with van der Waals surface area (Å²) in [6.45, 7) is 2.61. The van der Waals surface area contributed by atoms with Gasteiger partial charge in [-0.05, 0) is 13.8 Å². The molecule has 1 heterocycles. The number of carbonyl (C=O) groups is 1. The maximum Gasteiger partial charge on any atom is 0.348 e. The Labute approximate surface area is 84.5 Å². The lowest BCUT2D eigenvalue weighted by Crippen LogP contribution is -2.26. The first-order valence-electron chi connectivity index (χ1n) is 4.09. The van der Waals surface area contributed by atoms with Crippen molar-refractivity contribution in [3.63, 3.8) is 0 Å². The number of hydrogen-bond donors (Lipinski definition) is 0. The summed E-state index contributed by atoms with van der Waals surface area (Å²) in [4.78, 5) is 32.4. The molecule has 0 spiro atoms. The van der Waals surface area contributed by atoms with Gasteiger partial charge < -0.3 is 0 Å². The highest BCUT2D eigenvalue weighted by Gasteiger charge is 2.26. The highest BCUT2D eigenvalue weighted by Crippen LogP contribution is 2.15. The zero-order valence-electron chi connectivity index (χ0n) is 8.47. The second kappa shape index (κ2) is 3.60. The Balaban J connectivity index is 3.78. The normalized spacial score (nSPS) is 10.1. The van der Waals surface area contributed by atoms with Gasteiger partial charge in [-0.2, -0.15) is 5.10 Å². The van der Waals surface area contributed by atoms with Crippen LogP contribution in [0.2, 0.25) is 0 Å². The van der Waals surface area contributed by atoms with E-state index in [2.05, 4.69) is 5.10 Å². The SMILES string of the molecule is CC(=O)c1c(C)nn(C)c(=O)c1[N+](=O)[O-]. The van der Waals surface area contributed by atoms with Crippen molar-refractivity contribution >= 4 is 11.5 Å². The van der Waals surface area contributed by atoms with Crippen LogP contribution in [-0.4, -0.2) is 20.5 Å². The van der Waals surface area contributed by atoms with Crippen LogP contribution in [-0.2, 0) is 7.05 Å². The van der Waals surface area contributed by atoms with Crippen LogP contribution in [0.1, 0.15) is 23.0 Å². The number of carbonyl (C=O) groups excluding carboxylic acids is 1. The maximum absolute atomic E-state index is 11.4. The van der Waals surface area contributed by atoms with E-state index in [0.717, 1.165) is 11.6 Å². The Bertz CT molecular complexity index is 503. The summed E-state index contributed by atoms with van der Waals surface area (Å²) >= 11 is 0. The van der Waals surface area contributed by atoms with Crippen molar-refractivity contribution in [2.75, 3.05) is 0 Å². The van der Waals surface area contributed by atoms with E-state index in [4.69, 9.17) is 0 Å². The molecule has 0 radical (unpaired) electrons. The molecule has 0 fully saturated rings. The molecule has 7 heteroatoms. The fourth-order valence-corrected chi connectivity index (χ4v) is 1.34. The minimum Gasteiger partial charge on any atom is -0.294 e. The van der Waals surface area contributed by atoms with E-state index in [1.54, 1.807) is 0 Å². The van der Waals surface area contributed by atoms with Crippen LogP contribution < -0.4 is 5.56 Å². The fourth-order valence-electron chi connectivity index (χ4n) is 1.34. The first kappa shape index (κ1) is 11.0. The lowest BCUT2D eigenvalue weighted by molar-refractivity contribution is -0.386. The van der Waals surface area contributed by atoms with E-state index in [0.29, 0.717) is 0 Å². The Hall–Kier alpha value is -2.05. The van der Waals surface area contributed by atoms with Crippen molar-refractivity contribution in [1.29, 1.82) is 0 Å². The molecule has 0 unspecified atom stereocenters. The molecular weight excluding hydrogens is 202 g/mol. The minimum absolute atomic E-state index is 0.177. The summed E-state index contributed by atoms with van der Waals surface area (Å²) in [7, 11) is 1.30. The minimum atomic E-state index is -0.879. The van der Waals surface area contributed by atoms with Crippen LogP contribution in [0.3, 0.4) is 0 Å². The molecule has 0 amide bonds. The number of aryl methyl sites for hydroxylation is 2. The van der Waals surface area contributed by atoms with Gasteiger partial charge in [0.15, 0.2) is 5.78 Å². The van der Waals surface area contributed by atoms with Crippen LogP contribution in [0.15, 0.2) is 4.79 Å². The van der Waals surface area contributed by atoms with Crippen LogP contribution in [0, 0.1) is 17.0 Å². The molecule has 1 aromatic rings. The van der Waals surface area contributed by atoms with E-state index < -0.39 is 22.0 Å². The van der Waals surface area contributed by atoms with Crippen molar-refractivity contribution in [3.8, 4) is 0 Å². The molecule has 1 rings (SSSR count). The summed E-state index contributed by atoms with van der Waals surface area (Å²) in [6, 6.07) is 0. The topological polar surface area (TPSA) is 95.1 Å². The predicted octanol–water partition coefficient (Wildman–Crippen LogP) is 0.200. The summed E-state index contributed by atoms with van der Waals surface area (Å²) < 4.78 is 0.847. The van der Waals surface area contributed by atoms with Gasteiger partial charge in [-0.1, -0.05) is 0 Å². The molecule has 0 N–H and O–H groups in total. The molecule has 15 heavy (non-hydrogen) atoms. The maximum atomic E-state index is 11.4. The van der Waals surface area contributed by atoms with Crippen LogP contribution in [0.25, 0.3) is 0 Å². The molecule has 1 aromatic heterocycles. The lowest BCUT2D eigenvalue weighted by atomic mass is 10.1. The smallest absolute Gasteiger partial charge is 0.294 e. The number of hydrogen-bond acceptors (Lipinski definition) is 5. The molecule has 80 valence electrons. The van der Waals surface area contributed by atoms with Gasteiger partial charge >= 0.3 is 11.2 Å². The Kier molecular flexibility index (Phi) is 2.65. The molecule has 0 saturated heterocycles. The van der Waals surface area contributed by atoms with Crippen LogP contribution in [0.5, 0.6) is 0 Å². The largest absolute Gasteiger partial charge is 0.348 e. The summed E-state index contributed by atoms with van der Waals surface area (Å²) in [6.07, 6.45) is 0. The molecule has 7 nitrogen and oxygen atoms in total. The molecule has 0 bridgehead atoms. The number of nitro groups is 1. The molecule has 0 saturated carbocycles. The van der Waals surface area contributed by atoms with Gasteiger partial charge in [-0.15, -0.1) is 0 Å². The average molecular weight is 211 g/mol. The van der Waals surface area contributed by atoms with Crippen molar-refractivity contribution in [2.45, 2.75) is 13.8 Å². The number of Topliss-reactive ketones (excluding diaryl/α,β-unsaturated/α-hetero) is 1. The van der Waals surface area contributed by atoms with Gasteiger partial charge in [-0.3, -0.25) is 19.7 Å². The third kappa shape index (κ3) is 1.76. The van der Waals surface area contributed by atoms with E-state index in [1.807, 2.05) is 0 Å². The third-order valence-corrected chi connectivity index (χ3v) is 1.93. The van der Waals surface area contributed by atoms with Crippen molar-refractivity contribution in [2.24, 2.45) is 7.05 Å². The predicted molar refractivity (Wildman–Crippen MR) is 50.9 cm³/mol. The third-order valence-electron chi connectivity index (χ3n) is 1.93. The summed E-state index contributed by atoms with van der Waals surface area (Å²) in [5, 5.41) is 14.4. The van der Waals surface area contributed by atoms with E-state index in [1.165, 1.54) is 14.0 Å². The first-order valence-corrected chi connectivity index (χ1v) is 4.09. The molecule has 0 aliphatic carbocycles. The number of ketones is 1. The highest BCUT2D eigenvalue weighted by atomic mass is 16.6. The quantitative estimate of drug-likeness (QED) is 0.395. The van der Waals surface area contributed by atoms with Crippen LogP contribution >= 0.6 is 0 Å². The van der Waals surface area contributed by atoms with E-state index >= 15 is 0 Å². The van der Waals surface area contributed by atoms with Gasteiger partial charge in [0.05, 0.1) is 10.6 Å². The molecule has 0 aliphatic rings. The van der Waals surface area contributed by atoms with Gasteiger partial charge in [-0.25, -0.2) is 4.68 Å². The Morgan fingerprint density at radius 1 is 1.53 bits per heavy atom. The van der Waals surface area contributed by atoms with Gasteiger partial charge in [0.1, 0.15) is 5.56 Å². The number of nitrogens with zero attached hydrogens (tertiary/aromatic N) is 3. The summed E-state index contributed by atoms with van der Waals surface area (Å²) in [5.41, 5.74) is -1.63. The number of rotatable bonds is 2. The van der Waals surface area contributed by atoms with E-state index in [-0.39, 0.29) is 11.3 Å². The molecular formula is C8H9N3O4. The average Bonchev–Trinajstić information content (AvgIpc) is 2.09. The zero-order chi connectivity index (χ0) is 11.7. The summed E-state index contributed by atoms with van der Waals surface area (Å²) in [5.74, 6) is -0.538. The van der Waals surface area contributed by atoms with Gasteiger partial charge in [0, 0.05) is 7.05 Å². The van der Waals surface area contributed by atoms with Gasteiger partial charge in [0.2, 0.25) is 0 Å². The Morgan fingerprint density at radius 3 is 2.47 bits per heavy atom. The highest BCUT2D eigenvalue weighted by molar-refractivity contribution is 5.98. The standard InChI is InChI=1S/C8H9N3O4/c1-4-6(5(2)12)7(11(14)15)8(13)10(3)9-4/h1-3H3. The van der Waals surface area contributed by atoms with Crippen molar-refractivity contribution < 1.29 is 9.72 Å². The molecule has 0 aromatic carbocycles. The molecule has 0 aliphatic heterocycles. The van der Waals surface area contributed by atoms with Crippen molar-refractivity contribution in [1.82, 2.24) is 9.78 Å². The second-order valence-electron chi connectivity index (χ2n) is 3.05. The number of aromatic nitrogens is 2. The fraction of sp³-hybridized carbons (Fsp3) is 0.375. The second-order valence-corrected chi connectivity index (χ2v) is 3.05. The zero-order valence-corrected chi connectivity index (χ0v) is 8.47. The van der Waals surface area contributed by atoms with E-state index in [9.17, 15) is 19.7 Å². The Morgan fingerprint density at radius 2 is 2.07 bits per heavy atom. The van der Waals surface area contributed by atoms with Crippen molar-refractivity contribution in [3.05, 3.63) is 31.7 Å². The monoisotopic (exact) mass is 211 g/mol. The van der Waals surface area contributed by atoms with Gasteiger partial charge in [0.25, 0.3) is 0 Å². The molecule has 0 atom stereocenters. The lowest BCUT2D eigenvalue weighted by Gasteiger charge is -2.03.